The first-order chi connectivity index (χ1) is 18.5. The summed E-state index contributed by atoms with van der Waals surface area (Å²) < 4.78 is 17.4. The molecule has 1 aliphatic rings. The lowest BCUT2D eigenvalue weighted by Crippen LogP contribution is -2.51. The summed E-state index contributed by atoms with van der Waals surface area (Å²) in [5, 5.41) is 4.62. The summed E-state index contributed by atoms with van der Waals surface area (Å²) in [4.78, 5) is 41.6. The van der Waals surface area contributed by atoms with E-state index in [9.17, 15) is 14.4 Å². The molecule has 10 nitrogen and oxygen atoms in total. The normalized spacial score (nSPS) is 13.3. The van der Waals surface area contributed by atoms with Crippen molar-refractivity contribution in [1.29, 1.82) is 0 Å². The van der Waals surface area contributed by atoms with Gasteiger partial charge in [0.15, 0.2) is 12.4 Å². The molecule has 1 fully saturated rings. The van der Waals surface area contributed by atoms with Gasteiger partial charge in [0.2, 0.25) is 0 Å². The Labute approximate surface area is 219 Å². The number of benzene rings is 2. The van der Waals surface area contributed by atoms with Crippen LogP contribution in [-0.2, 0) is 9.53 Å². The molecule has 1 saturated heterocycles. The van der Waals surface area contributed by atoms with Gasteiger partial charge in [0, 0.05) is 37.9 Å². The van der Waals surface area contributed by atoms with Gasteiger partial charge in [0.1, 0.15) is 17.0 Å². The van der Waals surface area contributed by atoms with Crippen LogP contribution in [0.1, 0.15) is 20.9 Å². The molecule has 0 atom stereocenters. The van der Waals surface area contributed by atoms with Crippen LogP contribution in [0.5, 0.6) is 5.75 Å². The minimum Gasteiger partial charge on any atom is -0.497 e. The van der Waals surface area contributed by atoms with Crippen molar-refractivity contribution < 1.29 is 28.3 Å². The molecule has 3 heterocycles. The average Bonchev–Trinajstić information content (AvgIpc) is 3.67. The van der Waals surface area contributed by atoms with Crippen molar-refractivity contribution in [1.82, 2.24) is 19.6 Å². The van der Waals surface area contributed by atoms with Gasteiger partial charge in [-0.25, -0.2) is 9.48 Å². The molecule has 2 amide bonds. The second-order valence-electron chi connectivity index (χ2n) is 8.63. The largest absolute Gasteiger partial charge is 0.497 e. The van der Waals surface area contributed by atoms with Crippen molar-refractivity contribution in [3.63, 3.8) is 0 Å². The number of nitrogens with zero attached hydrogens (tertiary/aromatic N) is 4. The Balaban J connectivity index is 1.26. The number of carbonyl (C=O) groups excluding carboxylic acids is 3. The van der Waals surface area contributed by atoms with E-state index in [4.69, 9.17) is 13.9 Å². The first-order valence-electron chi connectivity index (χ1n) is 12.1. The predicted octanol–water partition coefficient (Wildman–Crippen LogP) is 3.28. The van der Waals surface area contributed by atoms with E-state index in [0.717, 1.165) is 5.69 Å². The maximum absolute atomic E-state index is 13.1. The van der Waals surface area contributed by atoms with Gasteiger partial charge in [0.05, 0.1) is 19.1 Å². The third kappa shape index (κ3) is 5.29. The van der Waals surface area contributed by atoms with E-state index in [0.29, 0.717) is 43.2 Å². The molecular formula is C28H26N4O6. The fourth-order valence-electron chi connectivity index (χ4n) is 4.21. The molecule has 4 aromatic rings. The molecule has 1 aliphatic heterocycles. The highest BCUT2D eigenvalue weighted by Crippen LogP contribution is 2.26. The van der Waals surface area contributed by atoms with Crippen molar-refractivity contribution >= 4 is 17.8 Å². The maximum atomic E-state index is 13.1. The summed E-state index contributed by atoms with van der Waals surface area (Å²) in [7, 11) is 1.58. The second-order valence-corrected chi connectivity index (χ2v) is 8.63. The number of piperazine rings is 1. The molecule has 0 radical (unpaired) electrons. The fourth-order valence-corrected chi connectivity index (χ4v) is 4.21. The fraction of sp³-hybridized carbons (Fsp3) is 0.214. The minimum atomic E-state index is -0.655. The van der Waals surface area contributed by atoms with Crippen LogP contribution in [0.3, 0.4) is 0 Å². The van der Waals surface area contributed by atoms with E-state index in [-0.39, 0.29) is 23.1 Å². The molecule has 0 saturated carbocycles. The molecule has 2 aromatic carbocycles. The summed E-state index contributed by atoms with van der Waals surface area (Å²) in [6.45, 7) is 0.997. The van der Waals surface area contributed by atoms with E-state index < -0.39 is 12.6 Å². The lowest BCUT2D eigenvalue weighted by atomic mass is 10.1. The van der Waals surface area contributed by atoms with Gasteiger partial charge >= 0.3 is 5.97 Å². The van der Waals surface area contributed by atoms with Crippen molar-refractivity contribution in [2.45, 2.75) is 0 Å². The van der Waals surface area contributed by atoms with Gasteiger partial charge in [-0.15, -0.1) is 0 Å². The molecule has 5 rings (SSSR count). The summed E-state index contributed by atoms with van der Waals surface area (Å²) in [6, 6.07) is 19.8. The van der Waals surface area contributed by atoms with E-state index in [1.165, 1.54) is 6.26 Å². The first kappa shape index (κ1) is 24.8. The van der Waals surface area contributed by atoms with E-state index in [1.807, 2.05) is 42.5 Å². The molecule has 0 bridgehead atoms. The zero-order valence-corrected chi connectivity index (χ0v) is 20.8. The number of hydrogen-bond donors (Lipinski definition) is 0. The van der Waals surface area contributed by atoms with Crippen molar-refractivity contribution in [2.75, 3.05) is 39.9 Å². The summed E-state index contributed by atoms with van der Waals surface area (Å²) >= 11 is 0. The lowest BCUT2D eigenvalue weighted by Gasteiger charge is -2.34. The Morgan fingerprint density at radius 1 is 0.895 bits per heavy atom. The summed E-state index contributed by atoms with van der Waals surface area (Å²) in [6.07, 6.45) is 3.05. The number of para-hydroxylation sites is 1. The van der Waals surface area contributed by atoms with Gasteiger partial charge in [-0.05, 0) is 48.5 Å². The molecule has 194 valence electrons. The number of furan rings is 1. The maximum Gasteiger partial charge on any atom is 0.342 e. The van der Waals surface area contributed by atoms with Crippen LogP contribution in [0.25, 0.3) is 16.9 Å². The van der Waals surface area contributed by atoms with Crippen LogP contribution < -0.4 is 4.74 Å². The molecule has 0 spiro atoms. The summed E-state index contributed by atoms with van der Waals surface area (Å²) in [5.41, 5.74) is 2.15. The Bertz CT molecular complexity index is 1410. The number of esters is 1. The topological polar surface area (TPSA) is 107 Å². The average molecular weight is 515 g/mol. The van der Waals surface area contributed by atoms with Crippen molar-refractivity contribution in [3.8, 4) is 22.7 Å². The Morgan fingerprint density at radius 2 is 1.61 bits per heavy atom. The first-order valence-corrected chi connectivity index (χ1v) is 12.1. The Kier molecular flexibility index (Phi) is 7.21. The number of ether oxygens (including phenoxy) is 2. The smallest absolute Gasteiger partial charge is 0.342 e. The molecule has 0 unspecified atom stereocenters. The van der Waals surface area contributed by atoms with E-state index >= 15 is 0 Å². The van der Waals surface area contributed by atoms with E-state index in [1.54, 1.807) is 52.1 Å². The quantitative estimate of drug-likeness (QED) is 0.348. The van der Waals surface area contributed by atoms with Crippen LogP contribution in [0.15, 0.2) is 83.6 Å². The van der Waals surface area contributed by atoms with Gasteiger partial charge in [-0.1, -0.05) is 18.2 Å². The highest BCUT2D eigenvalue weighted by molar-refractivity contribution is 5.97. The Morgan fingerprint density at radius 3 is 2.26 bits per heavy atom. The molecule has 10 heteroatoms. The highest BCUT2D eigenvalue weighted by Gasteiger charge is 2.27. The van der Waals surface area contributed by atoms with Crippen LogP contribution in [0.2, 0.25) is 0 Å². The third-order valence-corrected chi connectivity index (χ3v) is 6.30. The van der Waals surface area contributed by atoms with Gasteiger partial charge in [-0.3, -0.25) is 9.59 Å². The second kappa shape index (κ2) is 11.0. The minimum absolute atomic E-state index is 0.213. The monoisotopic (exact) mass is 514 g/mol. The van der Waals surface area contributed by atoms with Crippen LogP contribution in [-0.4, -0.2) is 77.3 Å². The van der Waals surface area contributed by atoms with Crippen molar-refractivity contribution in [3.05, 3.63) is 90.5 Å². The summed E-state index contributed by atoms with van der Waals surface area (Å²) in [5.74, 6) is -0.253. The van der Waals surface area contributed by atoms with Gasteiger partial charge < -0.3 is 23.7 Å². The predicted molar refractivity (Wildman–Crippen MR) is 137 cm³/mol. The standard InChI is InChI=1S/C28H26N4O6/c1-36-22-11-9-20(10-12-22)26-23(18-32(29-26)21-6-3-2-4-7-21)28(35)38-19-25(33)30-13-15-31(16-14-30)27(34)24-8-5-17-37-24/h2-12,17-18H,13-16,19H2,1H3. The van der Waals surface area contributed by atoms with Crippen LogP contribution >= 0.6 is 0 Å². The lowest BCUT2D eigenvalue weighted by molar-refractivity contribution is -0.136. The van der Waals surface area contributed by atoms with Crippen molar-refractivity contribution in [2.24, 2.45) is 0 Å². The number of rotatable bonds is 7. The number of amides is 2. The molecule has 0 aliphatic carbocycles. The zero-order chi connectivity index (χ0) is 26.5. The molecule has 2 aromatic heterocycles. The van der Waals surface area contributed by atoms with Crippen LogP contribution in [0, 0.1) is 0 Å². The zero-order valence-electron chi connectivity index (χ0n) is 20.8. The number of methoxy groups -OCH3 is 1. The van der Waals surface area contributed by atoms with Crippen LogP contribution in [0.4, 0.5) is 0 Å². The number of aromatic nitrogens is 2. The number of hydrogen-bond acceptors (Lipinski definition) is 7. The highest BCUT2D eigenvalue weighted by atomic mass is 16.5. The third-order valence-electron chi connectivity index (χ3n) is 6.30. The van der Waals surface area contributed by atoms with Gasteiger partial charge in [0.25, 0.3) is 11.8 Å². The SMILES string of the molecule is COc1ccc(-c2nn(-c3ccccc3)cc2C(=O)OCC(=O)N2CCN(C(=O)c3ccco3)CC2)cc1. The van der Waals surface area contributed by atoms with Gasteiger partial charge in [-0.2, -0.15) is 5.10 Å². The Hall–Kier alpha value is -4.86. The molecule has 38 heavy (non-hydrogen) atoms. The van der Waals surface area contributed by atoms with E-state index in [2.05, 4.69) is 5.10 Å². The number of carbonyl (C=O) groups is 3. The molecule has 0 N–H and O–H groups in total. The molecular weight excluding hydrogens is 488 g/mol.